The van der Waals surface area contributed by atoms with Crippen molar-refractivity contribution < 1.29 is 23.1 Å². The molecule has 0 aliphatic heterocycles. The Balaban J connectivity index is 2.69. The average molecular weight is 356 g/mol. The molecule has 0 heterocycles. The fraction of sp³-hybridized carbons (Fsp3) is 0.500. The zero-order chi connectivity index (χ0) is 18.3. The molecule has 0 saturated carbocycles. The molecule has 8 heteroatoms. The zero-order valence-corrected chi connectivity index (χ0v) is 14.9. The smallest absolute Gasteiger partial charge is 0.303 e. The van der Waals surface area contributed by atoms with Crippen LogP contribution in [0.4, 0.5) is 0 Å². The highest BCUT2D eigenvalue weighted by Gasteiger charge is 2.16. The van der Waals surface area contributed by atoms with E-state index in [0.29, 0.717) is 18.5 Å². The van der Waals surface area contributed by atoms with Gasteiger partial charge in [-0.2, -0.15) is 0 Å². The minimum absolute atomic E-state index is 0.0276. The summed E-state index contributed by atoms with van der Waals surface area (Å²) in [5.41, 5.74) is 0.319. The summed E-state index contributed by atoms with van der Waals surface area (Å²) in [7, 11) is -3.59. The van der Waals surface area contributed by atoms with Gasteiger partial charge < -0.3 is 10.4 Å². The molecule has 0 saturated heterocycles. The summed E-state index contributed by atoms with van der Waals surface area (Å²) in [6.45, 7) is 5.87. The SMILES string of the molecule is CC(C)CNS(=O)(=O)c1ccc(C(=O)NC(C)CCC(=O)O)cc1. The molecular weight excluding hydrogens is 332 g/mol. The Labute approximate surface area is 142 Å². The number of benzene rings is 1. The van der Waals surface area contributed by atoms with Crippen molar-refractivity contribution in [3.05, 3.63) is 29.8 Å². The first-order valence-corrected chi connectivity index (χ1v) is 9.22. The van der Waals surface area contributed by atoms with E-state index in [1.54, 1.807) is 6.92 Å². The van der Waals surface area contributed by atoms with Gasteiger partial charge in [-0.1, -0.05) is 13.8 Å². The zero-order valence-electron chi connectivity index (χ0n) is 14.1. The lowest BCUT2D eigenvalue weighted by Crippen LogP contribution is -2.33. The monoisotopic (exact) mass is 356 g/mol. The predicted molar refractivity (Wildman–Crippen MR) is 90.3 cm³/mol. The van der Waals surface area contributed by atoms with E-state index < -0.39 is 16.0 Å². The summed E-state index contributed by atoms with van der Waals surface area (Å²) in [4.78, 5) is 22.7. The fourth-order valence-corrected chi connectivity index (χ4v) is 3.08. The molecule has 0 aliphatic rings. The molecular formula is C16H24N2O5S. The maximum Gasteiger partial charge on any atom is 0.303 e. The number of sulfonamides is 1. The van der Waals surface area contributed by atoms with Crippen molar-refractivity contribution in [2.24, 2.45) is 5.92 Å². The summed E-state index contributed by atoms with van der Waals surface area (Å²) < 4.78 is 26.7. The lowest BCUT2D eigenvalue weighted by atomic mass is 10.1. The normalized spacial score (nSPS) is 12.8. The number of nitrogens with one attached hydrogen (secondary N) is 2. The number of hydrogen-bond donors (Lipinski definition) is 3. The van der Waals surface area contributed by atoms with Crippen LogP contribution in [0.25, 0.3) is 0 Å². The van der Waals surface area contributed by atoms with Crippen molar-refractivity contribution in [1.29, 1.82) is 0 Å². The van der Waals surface area contributed by atoms with Crippen molar-refractivity contribution in [1.82, 2.24) is 10.0 Å². The van der Waals surface area contributed by atoms with Crippen LogP contribution >= 0.6 is 0 Å². The van der Waals surface area contributed by atoms with Crippen LogP contribution in [0.1, 0.15) is 44.0 Å². The minimum Gasteiger partial charge on any atom is -0.481 e. The summed E-state index contributed by atoms with van der Waals surface area (Å²) in [6.07, 6.45) is 0.298. The molecule has 1 aromatic carbocycles. The summed E-state index contributed by atoms with van der Waals surface area (Å²) in [5, 5.41) is 11.3. The first-order chi connectivity index (χ1) is 11.1. The number of carbonyl (C=O) groups is 2. The summed E-state index contributed by atoms with van der Waals surface area (Å²) >= 11 is 0. The number of amides is 1. The Morgan fingerprint density at radius 1 is 1.12 bits per heavy atom. The van der Waals surface area contributed by atoms with Crippen molar-refractivity contribution in [2.45, 2.75) is 44.6 Å². The lowest BCUT2D eigenvalue weighted by Gasteiger charge is -2.13. The Morgan fingerprint density at radius 2 is 1.71 bits per heavy atom. The molecule has 0 bridgehead atoms. The Hall–Kier alpha value is -1.93. The molecule has 1 amide bonds. The molecule has 3 N–H and O–H groups in total. The second-order valence-corrected chi connectivity index (χ2v) is 7.84. The Bertz CT molecular complexity index is 668. The van der Waals surface area contributed by atoms with Gasteiger partial charge in [0.05, 0.1) is 4.90 Å². The van der Waals surface area contributed by atoms with E-state index in [1.807, 2.05) is 13.8 Å². The van der Waals surface area contributed by atoms with Crippen LogP contribution < -0.4 is 10.0 Å². The summed E-state index contributed by atoms with van der Waals surface area (Å²) in [5.74, 6) is -1.09. The van der Waals surface area contributed by atoms with Crippen LogP contribution in [0.5, 0.6) is 0 Å². The van der Waals surface area contributed by atoms with E-state index in [1.165, 1.54) is 24.3 Å². The molecule has 0 fully saturated rings. The number of aliphatic carboxylic acids is 1. The van der Waals surface area contributed by atoms with Gasteiger partial charge in [-0.05, 0) is 43.5 Å². The standard InChI is InChI=1S/C16H24N2O5S/c1-11(2)10-17-24(22,23)14-7-5-13(6-8-14)16(21)18-12(3)4-9-15(19)20/h5-8,11-12,17H,4,9-10H2,1-3H3,(H,18,21)(H,19,20). The molecule has 0 spiro atoms. The molecule has 1 atom stereocenters. The summed E-state index contributed by atoms with van der Waals surface area (Å²) in [6, 6.07) is 5.33. The van der Waals surface area contributed by atoms with Gasteiger partial charge in [0.2, 0.25) is 10.0 Å². The maximum atomic E-state index is 12.1. The number of carboxylic acid groups (broad SMARTS) is 1. The van der Waals surface area contributed by atoms with E-state index in [0.717, 1.165) is 0 Å². The van der Waals surface area contributed by atoms with Gasteiger partial charge in [-0.3, -0.25) is 9.59 Å². The largest absolute Gasteiger partial charge is 0.481 e. The molecule has 1 rings (SSSR count). The quantitative estimate of drug-likeness (QED) is 0.622. The number of hydrogen-bond acceptors (Lipinski definition) is 4. The van der Waals surface area contributed by atoms with Gasteiger partial charge in [0.25, 0.3) is 5.91 Å². The van der Waals surface area contributed by atoms with E-state index in [-0.39, 0.29) is 29.2 Å². The van der Waals surface area contributed by atoms with Gasteiger partial charge in [0.1, 0.15) is 0 Å². The highest BCUT2D eigenvalue weighted by atomic mass is 32.2. The van der Waals surface area contributed by atoms with Crippen LogP contribution in [0.3, 0.4) is 0 Å². The van der Waals surface area contributed by atoms with Gasteiger partial charge >= 0.3 is 5.97 Å². The van der Waals surface area contributed by atoms with Gasteiger partial charge in [0.15, 0.2) is 0 Å². The predicted octanol–water partition coefficient (Wildman–Crippen LogP) is 1.60. The van der Waals surface area contributed by atoms with Crippen molar-refractivity contribution in [3.63, 3.8) is 0 Å². The number of rotatable bonds is 9. The van der Waals surface area contributed by atoms with Crippen LogP contribution in [0.2, 0.25) is 0 Å². The second-order valence-electron chi connectivity index (χ2n) is 6.08. The third kappa shape index (κ3) is 6.67. The van der Waals surface area contributed by atoms with E-state index in [9.17, 15) is 18.0 Å². The van der Waals surface area contributed by atoms with Crippen LogP contribution in [-0.2, 0) is 14.8 Å². The molecule has 0 aromatic heterocycles. The lowest BCUT2D eigenvalue weighted by molar-refractivity contribution is -0.137. The van der Waals surface area contributed by atoms with Crippen molar-refractivity contribution in [3.8, 4) is 0 Å². The number of carboxylic acids is 1. The number of carbonyl (C=O) groups excluding carboxylic acids is 1. The molecule has 0 aliphatic carbocycles. The van der Waals surface area contributed by atoms with Gasteiger partial charge in [-0.25, -0.2) is 13.1 Å². The topological polar surface area (TPSA) is 113 Å². The van der Waals surface area contributed by atoms with Crippen LogP contribution in [-0.4, -0.2) is 38.0 Å². The Morgan fingerprint density at radius 3 is 2.21 bits per heavy atom. The third-order valence-corrected chi connectivity index (χ3v) is 4.72. The highest BCUT2D eigenvalue weighted by Crippen LogP contribution is 2.11. The van der Waals surface area contributed by atoms with Gasteiger partial charge in [-0.15, -0.1) is 0 Å². The Kier molecular flexibility index (Phi) is 7.37. The molecule has 24 heavy (non-hydrogen) atoms. The van der Waals surface area contributed by atoms with Crippen LogP contribution in [0, 0.1) is 5.92 Å². The molecule has 1 unspecified atom stereocenters. The minimum atomic E-state index is -3.59. The fourth-order valence-electron chi connectivity index (χ4n) is 1.86. The van der Waals surface area contributed by atoms with Gasteiger partial charge in [0, 0.05) is 24.6 Å². The van der Waals surface area contributed by atoms with Crippen molar-refractivity contribution >= 4 is 21.9 Å². The molecule has 0 radical (unpaired) electrons. The third-order valence-electron chi connectivity index (χ3n) is 3.28. The molecule has 1 aromatic rings. The first-order valence-electron chi connectivity index (χ1n) is 7.74. The first kappa shape index (κ1) is 20.1. The van der Waals surface area contributed by atoms with Crippen LogP contribution in [0.15, 0.2) is 29.2 Å². The molecule has 7 nitrogen and oxygen atoms in total. The van der Waals surface area contributed by atoms with E-state index >= 15 is 0 Å². The van der Waals surface area contributed by atoms with E-state index in [2.05, 4.69) is 10.0 Å². The van der Waals surface area contributed by atoms with Crippen molar-refractivity contribution in [2.75, 3.05) is 6.54 Å². The second kappa shape index (κ2) is 8.79. The average Bonchev–Trinajstić information content (AvgIpc) is 2.51. The highest BCUT2D eigenvalue weighted by molar-refractivity contribution is 7.89. The molecule has 134 valence electrons. The van der Waals surface area contributed by atoms with E-state index in [4.69, 9.17) is 5.11 Å². The maximum absolute atomic E-state index is 12.1.